The van der Waals surface area contributed by atoms with Gasteiger partial charge in [0.1, 0.15) is 13.3 Å². The van der Waals surface area contributed by atoms with Gasteiger partial charge in [0.15, 0.2) is 45.1 Å². The molecule has 0 radical (unpaired) electrons. The zero-order valence-electron chi connectivity index (χ0n) is 36.3. The number of rotatable bonds is 18. The number of hydrogen-bond donors (Lipinski definition) is 0. The number of esters is 1. The highest BCUT2D eigenvalue weighted by atomic mass is 32.1. The summed E-state index contributed by atoms with van der Waals surface area (Å²) in [6.45, 7) is 13.1. The summed E-state index contributed by atoms with van der Waals surface area (Å²) in [7, 11) is 4.42. The molecular weight excluding hydrogens is 834 g/mol. The Morgan fingerprint density at radius 3 is 2.66 bits per heavy atom. The van der Waals surface area contributed by atoms with Gasteiger partial charge in [-0.25, -0.2) is 14.2 Å². The summed E-state index contributed by atoms with van der Waals surface area (Å²) >= 11 is 2.89. The summed E-state index contributed by atoms with van der Waals surface area (Å²) in [5.74, 6) is 5.99. The van der Waals surface area contributed by atoms with Crippen LogP contribution in [0.2, 0.25) is 25.7 Å². The largest absolute Gasteiger partial charge is 0.488 e. The van der Waals surface area contributed by atoms with Crippen molar-refractivity contribution in [2.75, 3.05) is 59.0 Å². The molecule has 13 nitrogen and oxygen atoms in total. The number of ether oxygens (including phenoxy) is 5. The normalized spacial score (nSPS) is 15.2. The second-order valence-corrected chi connectivity index (χ2v) is 23.9. The average Bonchev–Trinajstić information content (AvgIpc) is 3.80. The van der Waals surface area contributed by atoms with Gasteiger partial charge < -0.3 is 28.6 Å². The lowest BCUT2D eigenvalue weighted by Gasteiger charge is -2.27. The number of nitrogens with zero attached hydrogens (tertiary/aromatic N) is 7. The van der Waals surface area contributed by atoms with Gasteiger partial charge in [-0.1, -0.05) is 55.0 Å². The molecule has 0 N–H and O–H groups in total. The van der Waals surface area contributed by atoms with Crippen molar-refractivity contribution < 1.29 is 32.9 Å². The fraction of sp³-hybridized carbons (Fsp3) is 0.477. The molecule has 6 rings (SSSR count). The quantitative estimate of drug-likeness (QED) is 0.0365. The Morgan fingerprint density at radius 2 is 1.93 bits per heavy atom. The summed E-state index contributed by atoms with van der Waals surface area (Å²) in [5, 5.41) is 9.60. The predicted molar refractivity (Wildman–Crippen MR) is 242 cm³/mol. The number of hydrogen-bond acceptors (Lipinski definition) is 14. The van der Waals surface area contributed by atoms with Gasteiger partial charge in [-0.2, -0.15) is 4.99 Å². The van der Waals surface area contributed by atoms with E-state index in [0.29, 0.717) is 60.1 Å². The van der Waals surface area contributed by atoms with E-state index in [4.69, 9.17) is 33.7 Å². The van der Waals surface area contributed by atoms with Gasteiger partial charge in [-0.05, 0) is 95.2 Å². The maximum atomic E-state index is 15.2. The molecule has 0 spiro atoms. The molecule has 61 heavy (non-hydrogen) atoms. The Kier molecular flexibility index (Phi) is 16.2. The highest BCUT2D eigenvalue weighted by Gasteiger charge is 2.28. The van der Waals surface area contributed by atoms with E-state index >= 15 is 4.39 Å². The number of anilines is 2. The molecule has 1 aliphatic heterocycles. The number of benzene rings is 2. The van der Waals surface area contributed by atoms with E-state index in [0.717, 1.165) is 39.5 Å². The molecule has 3 aromatic heterocycles. The number of aromatic nitrogens is 4. The number of carbonyl (C=O) groups is 1. The second-order valence-electron chi connectivity index (χ2n) is 16.3. The van der Waals surface area contributed by atoms with Gasteiger partial charge >= 0.3 is 5.97 Å². The minimum atomic E-state index is -1.24. The van der Waals surface area contributed by atoms with Crippen LogP contribution < -0.4 is 14.4 Å². The van der Waals surface area contributed by atoms with Crippen molar-refractivity contribution in [2.24, 2.45) is 4.99 Å². The van der Waals surface area contributed by atoms with E-state index in [-0.39, 0.29) is 31.1 Å². The number of fused-ring (bicyclic) bond motifs is 1. The van der Waals surface area contributed by atoms with Crippen LogP contribution in [0.4, 0.5) is 21.2 Å². The van der Waals surface area contributed by atoms with E-state index in [1.807, 2.05) is 51.2 Å². The fourth-order valence-electron chi connectivity index (χ4n) is 6.24. The first-order valence-corrected chi connectivity index (χ1v) is 25.9. The van der Waals surface area contributed by atoms with Crippen molar-refractivity contribution in [3.8, 4) is 17.6 Å². The summed E-state index contributed by atoms with van der Waals surface area (Å²) in [5.41, 5.74) is 2.57. The lowest BCUT2D eigenvalue weighted by molar-refractivity contribution is -0.192. The molecule has 0 amide bonds. The topological polar surface area (TPSA) is 126 Å². The van der Waals surface area contributed by atoms with Crippen molar-refractivity contribution in [3.63, 3.8) is 0 Å². The SMILES string of the molecule is CCOC(=O)c1nc(N(C)c2cc(C)c(/N=c3\sc4ccccc4n3COCC[Si](C)(C)C)nn2)sc1CC(COc1ccc(C#CCN(C)C)cc1F)OC1CCCCO1. The minimum absolute atomic E-state index is 0.00615. The van der Waals surface area contributed by atoms with E-state index < -0.39 is 32.3 Å². The van der Waals surface area contributed by atoms with Crippen LogP contribution in [0.15, 0.2) is 53.5 Å². The Labute approximate surface area is 366 Å². The van der Waals surface area contributed by atoms with Crippen LogP contribution in [0.3, 0.4) is 0 Å². The van der Waals surface area contributed by atoms with Crippen LogP contribution in [-0.2, 0) is 32.1 Å². The van der Waals surface area contributed by atoms with Gasteiger partial charge in [-0.3, -0.25) is 9.47 Å². The van der Waals surface area contributed by atoms with E-state index in [1.165, 1.54) is 17.4 Å². The van der Waals surface area contributed by atoms with Crippen LogP contribution in [0, 0.1) is 24.6 Å². The molecular formula is C44H56FN7O6S2Si. The third-order valence-electron chi connectivity index (χ3n) is 9.62. The number of aryl methyl sites for hydroxylation is 1. The number of para-hydroxylation sites is 1. The third kappa shape index (κ3) is 13.0. The van der Waals surface area contributed by atoms with Gasteiger partial charge in [0, 0.05) is 45.2 Å². The molecule has 4 heterocycles. The molecule has 5 aromatic rings. The van der Waals surface area contributed by atoms with Gasteiger partial charge in [-0.15, -0.1) is 21.5 Å². The highest BCUT2D eigenvalue weighted by molar-refractivity contribution is 7.16. The van der Waals surface area contributed by atoms with Crippen LogP contribution in [0.25, 0.3) is 10.2 Å². The monoisotopic (exact) mass is 889 g/mol. The average molecular weight is 890 g/mol. The molecule has 17 heteroatoms. The van der Waals surface area contributed by atoms with Crippen molar-refractivity contribution in [1.82, 2.24) is 24.6 Å². The minimum Gasteiger partial charge on any atom is -0.488 e. The van der Waals surface area contributed by atoms with Crippen molar-refractivity contribution in [2.45, 2.75) is 84.3 Å². The first kappa shape index (κ1) is 46.0. The first-order chi connectivity index (χ1) is 29.3. The molecule has 0 bridgehead atoms. The third-order valence-corrected chi connectivity index (χ3v) is 13.5. The Morgan fingerprint density at radius 1 is 1.11 bits per heavy atom. The molecule has 2 atom stereocenters. The van der Waals surface area contributed by atoms with E-state index in [2.05, 4.69) is 58.4 Å². The number of thiazole rings is 2. The van der Waals surface area contributed by atoms with Gasteiger partial charge in [0.2, 0.25) is 0 Å². The number of carbonyl (C=O) groups excluding carboxylic acids is 1. The molecule has 2 aromatic carbocycles. The maximum Gasteiger partial charge on any atom is 0.358 e. The maximum absolute atomic E-state index is 15.2. The standard InChI is InChI=1S/C44H56FN7O6S2Si/c1-9-55-42(53)40-37(27-32(58-39-18-12-13-22-56-39)28-57-35-20-19-31(26-33(35)45)15-14-21-50(3)4)60-43(46-40)51(5)38-25-30(2)41(49-48-38)47-44-52(29-54-23-24-61(6,7)8)34-16-10-11-17-36(34)59-44/h10-11,16-17,19-20,25-26,32,39H,9,12-13,18,21-24,27-29H2,1-8H3/b47-44-. The molecule has 0 aliphatic carbocycles. The summed E-state index contributed by atoms with van der Waals surface area (Å²) in [6.07, 6.45) is 1.77. The lowest BCUT2D eigenvalue weighted by Crippen LogP contribution is -2.33. The van der Waals surface area contributed by atoms with E-state index in [9.17, 15) is 4.79 Å². The van der Waals surface area contributed by atoms with Gasteiger partial charge in [0.05, 0.1) is 29.5 Å². The fourth-order valence-corrected chi connectivity index (χ4v) is 9.10. The lowest BCUT2D eigenvalue weighted by atomic mass is 10.1. The zero-order chi connectivity index (χ0) is 43.5. The molecule has 1 saturated heterocycles. The summed E-state index contributed by atoms with van der Waals surface area (Å²) in [4.78, 5) is 28.2. The molecule has 326 valence electrons. The van der Waals surface area contributed by atoms with Crippen molar-refractivity contribution in [1.29, 1.82) is 0 Å². The highest BCUT2D eigenvalue weighted by Crippen LogP contribution is 2.33. The first-order valence-electron chi connectivity index (χ1n) is 20.6. The van der Waals surface area contributed by atoms with Crippen LogP contribution in [-0.4, -0.2) is 105 Å². The Balaban J connectivity index is 1.24. The van der Waals surface area contributed by atoms with Crippen LogP contribution in [0.1, 0.15) is 52.7 Å². The molecule has 1 aliphatic rings. The van der Waals surface area contributed by atoms with Crippen LogP contribution in [0.5, 0.6) is 5.75 Å². The van der Waals surface area contributed by atoms with E-state index in [1.54, 1.807) is 35.3 Å². The van der Waals surface area contributed by atoms with Crippen molar-refractivity contribution in [3.05, 3.63) is 80.8 Å². The summed E-state index contributed by atoms with van der Waals surface area (Å²) < 4.78 is 48.4. The molecule has 2 unspecified atom stereocenters. The second kappa shape index (κ2) is 21.5. The van der Waals surface area contributed by atoms with Gasteiger partial charge in [0.25, 0.3) is 0 Å². The van der Waals surface area contributed by atoms with Crippen molar-refractivity contribution >= 4 is 63.7 Å². The smallest absolute Gasteiger partial charge is 0.358 e. The zero-order valence-corrected chi connectivity index (χ0v) is 39.0. The Hall–Kier alpha value is -4.54. The molecule has 1 fully saturated rings. The predicted octanol–water partition coefficient (Wildman–Crippen LogP) is 8.33. The molecule has 0 saturated carbocycles. The number of halogens is 1. The summed E-state index contributed by atoms with van der Waals surface area (Å²) in [6, 6.07) is 15.8. The van der Waals surface area contributed by atoms with Crippen LogP contribution >= 0.6 is 22.7 Å². The Bertz CT molecular complexity index is 2400.